The largest absolute Gasteiger partial charge is 0.383 e. The van der Waals surface area contributed by atoms with Crippen LogP contribution in [0.5, 0.6) is 0 Å². The van der Waals surface area contributed by atoms with Gasteiger partial charge in [0.15, 0.2) is 0 Å². The third kappa shape index (κ3) is 2.08. The third-order valence-electron chi connectivity index (χ3n) is 2.61. The molecule has 1 saturated heterocycles. The van der Waals surface area contributed by atoms with Gasteiger partial charge in [-0.25, -0.2) is 0 Å². The maximum Gasteiger partial charge on any atom is 0.255 e. The zero-order chi connectivity index (χ0) is 11.5. The van der Waals surface area contributed by atoms with Crippen molar-refractivity contribution in [2.75, 3.05) is 25.5 Å². The quantitative estimate of drug-likeness (QED) is 0.705. The van der Waals surface area contributed by atoms with E-state index in [1.165, 1.54) is 0 Å². The summed E-state index contributed by atoms with van der Waals surface area (Å²) in [5, 5.41) is 0. The molecule has 1 aromatic carbocycles. The van der Waals surface area contributed by atoms with Crippen molar-refractivity contribution in [2.45, 2.75) is 6.42 Å². The average molecular weight is 216 g/mol. The number of hydrogen-bond acceptors (Lipinski definition) is 2. The van der Waals surface area contributed by atoms with Crippen molar-refractivity contribution in [3.63, 3.8) is 0 Å². The first-order chi connectivity index (χ1) is 7.68. The van der Waals surface area contributed by atoms with Crippen molar-refractivity contribution in [1.29, 1.82) is 0 Å². The molecule has 0 aliphatic carbocycles. The SMILES string of the molecule is CN(C)/C=C1\CCN(c2ccccc2)C1=O. The monoisotopic (exact) mass is 216 g/mol. The Labute approximate surface area is 96.0 Å². The van der Waals surface area contributed by atoms with E-state index in [1.807, 2.05) is 60.4 Å². The Bertz CT molecular complexity index is 409. The number of carbonyl (C=O) groups is 1. The van der Waals surface area contributed by atoms with E-state index in [4.69, 9.17) is 0 Å². The second-order valence-corrected chi connectivity index (χ2v) is 4.16. The minimum absolute atomic E-state index is 0.125. The molecule has 1 amide bonds. The summed E-state index contributed by atoms with van der Waals surface area (Å²) in [4.78, 5) is 15.8. The zero-order valence-corrected chi connectivity index (χ0v) is 9.68. The van der Waals surface area contributed by atoms with Crippen LogP contribution in [0.1, 0.15) is 6.42 Å². The highest BCUT2D eigenvalue weighted by molar-refractivity contribution is 6.07. The number of para-hydroxylation sites is 1. The van der Waals surface area contributed by atoms with Crippen molar-refractivity contribution >= 4 is 11.6 Å². The predicted molar refractivity (Wildman–Crippen MR) is 65.2 cm³/mol. The van der Waals surface area contributed by atoms with Crippen LogP contribution in [0.3, 0.4) is 0 Å². The van der Waals surface area contributed by atoms with Crippen LogP contribution in [0.25, 0.3) is 0 Å². The molecule has 16 heavy (non-hydrogen) atoms. The van der Waals surface area contributed by atoms with E-state index in [0.29, 0.717) is 0 Å². The van der Waals surface area contributed by atoms with E-state index >= 15 is 0 Å². The number of hydrogen-bond donors (Lipinski definition) is 0. The van der Waals surface area contributed by atoms with Crippen LogP contribution in [0.15, 0.2) is 42.1 Å². The molecule has 0 N–H and O–H groups in total. The predicted octanol–water partition coefficient (Wildman–Crippen LogP) is 1.87. The fourth-order valence-electron chi connectivity index (χ4n) is 1.90. The Balaban J connectivity index is 2.20. The highest BCUT2D eigenvalue weighted by atomic mass is 16.2. The van der Waals surface area contributed by atoms with E-state index < -0.39 is 0 Å². The van der Waals surface area contributed by atoms with Gasteiger partial charge in [0.25, 0.3) is 5.91 Å². The number of amides is 1. The molecule has 3 nitrogen and oxygen atoms in total. The standard InChI is InChI=1S/C13H16N2O/c1-14(2)10-11-8-9-15(13(11)16)12-6-4-3-5-7-12/h3-7,10H,8-9H2,1-2H3/b11-10+. The third-order valence-corrected chi connectivity index (χ3v) is 2.61. The van der Waals surface area contributed by atoms with Crippen molar-refractivity contribution in [3.05, 3.63) is 42.1 Å². The van der Waals surface area contributed by atoms with Crippen LogP contribution < -0.4 is 4.90 Å². The highest BCUT2D eigenvalue weighted by Gasteiger charge is 2.26. The van der Waals surface area contributed by atoms with Gasteiger partial charge >= 0.3 is 0 Å². The molecule has 0 atom stereocenters. The second-order valence-electron chi connectivity index (χ2n) is 4.16. The van der Waals surface area contributed by atoms with E-state index in [9.17, 15) is 4.79 Å². The van der Waals surface area contributed by atoms with Crippen LogP contribution in [0, 0.1) is 0 Å². The number of carbonyl (C=O) groups excluding carboxylic acids is 1. The molecule has 1 aliphatic rings. The molecule has 0 unspecified atom stereocenters. The first kappa shape index (κ1) is 10.7. The molecule has 0 saturated carbocycles. The Morgan fingerprint density at radius 1 is 1.25 bits per heavy atom. The smallest absolute Gasteiger partial charge is 0.255 e. The van der Waals surface area contributed by atoms with Gasteiger partial charge < -0.3 is 9.80 Å². The molecule has 0 aromatic heterocycles. The average Bonchev–Trinajstić information content (AvgIpc) is 2.61. The highest BCUT2D eigenvalue weighted by Crippen LogP contribution is 2.24. The van der Waals surface area contributed by atoms with Crippen molar-refractivity contribution in [3.8, 4) is 0 Å². The molecule has 1 fully saturated rings. The van der Waals surface area contributed by atoms with Crippen LogP contribution in [0.2, 0.25) is 0 Å². The minimum atomic E-state index is 0.125. The molecular formula is C13H16N2O. The van der Waals surface area contributed by atoms with Crippen molar-refractivity contribution < 1.29 is 4.79 Å². The molecule has 0 spiro atoms. The number of benzene rings is 1. The maximum atomic E-state index is 12.1. The van der Waals surface area contributed by atoms with Crippen LogP contribution in [0.4, 0.5) is 5.69 Å². The van der Waals surface area contributed by atoms with Gasteiger partial charge in [-0.1, -0.05) is 18.2 Å². The van der Waals surface area contributed by atoms with Gasteiger partial charge in [-0.15, -0.1) is 0 Å². The Hall–Kier alpha value is -1.77. The van der Waals surface area contributed by atoms with Crippen LogP contribution in [-0.2, 0) is 4.79 Å². The minimum Gasteiger partial charge on any atom is -0.383 e. The van der Waals surface area contributed by atoms with E-state index in [-0.39, 0.29) is 5.91 Å². The molecular weight excluding hydrogens is 200 g/mol. The van der Waals surface area contributed by atoms with Gasteiger partial charge in [0.05, 0.1) is 0 Å². The summed E-state index contributed by atoms with van der Waals surface area (Å²) in [6, 6.07) is 9.81. The van der Waals surface area contributed by atoms with Gasteiger partial charge in [-0.3, -0.25) is 4.79 Å². The Morgan fingerprint density at radius 3 is 2.56 bits per heavy atom. The lowest BCUT2D eigenvalue weighted by atomic mass is 10.2. The van der Waals surface area contributed by atoms with E-state index in [0.717, 1.165) is 24.2 Å². The molecule has 2 rings (SSSR count). The molecule has 1 aliphatic heterocycles. The summed E-state index contributed by atoms with van der Waals surface area (Å²) in [6.07, 6.45) is 2.73. The molecule has 1 heterocycles. The number of rotatable bonds is 2. The van der Waals surface area contributed by atoms with Crippen molar-refractivity contribution in [2.24, 2.45) is 0 Å². The van der Waals surface area contributed by atoms with Crippen molar-refractivity contribution in [1.82, 2.24) is 4.90 Å². The summed E-state index contributed by atoms with van der Waals surface area (Å²) < 4.78 is 0. The second kappa shape index (κ2) is 4.39. The first-order valence-electron chi connectivity index (χ1n) is 5.42. The van der Waals surface area contributed by atoms with Gasteiger partial charge in [0.1, 0.15) is 0 Å². The fourth-order valence-corrected chi connectivity index (χ4v) is 1.90. The molecule has 0 bridgehead atoms. The number of nitrogens with zero attached hydrogens (tertiary/aromatic N) is 2. The summed E-state index contributed by atoms with van der Waals surface area (Å²) in [5.74, 6) is 0.125. The lowest BCUT2D eigenvalue weighted by Gasteiger charge is -2.15. The van der Waals surface area contributed by atoms with E-state index in [2.05, 4.69) is 0 Å². The van der Waals surface area contributed by atoms with Crippen LogP contribution >= 0.6 is 0 Å². The molecule has 3 heteroatoms. The fraction of sp³-hybridized carbons (Fsp3) is 0.308. The lowest BCUT2D eigenvalue weighted by Crippen LogP contribution is -2.24. The maximum absolute atomic E-state index is 12.1. The molecule has 1 aromatic rings. The van der Waals surface area contributed by atoms with Gasteiger partial charge in [-0.05, 0) is 18.6 Å². The van der Waals surface area contributed by atoms with Gasteiger partial charge in [0, 0.05) is 38.1 Å². The van der Waals surface area contributed by atoms with Gasteiger partial charge in [0.2, 0.25) is 0 Å². The lowest BCUT2D eigenvalue weighted by molar-refractivity contribution is -0.114. The normalized spacial score (nSPS) is 18.2. The zero-order valence-electron chi connectivity index (χ0n) is 9.68. The Kier molecular flexibility index (Phi) is 2.95. The molecule has 84 valence electrons. The van der Waals surface area contributed by atoms with Crippen LogP contribution in [-0.4, -0.2) is 31.4 Å². The Morgan fingerprint density at radius 2 is 1.94 bits per heavy atom. The van der Waals surface area contributed by atoms with E-state index in [1.54, 1.807) is 0 Å². The number of anilines is 1. The summed E-state index contributed by atoms with van der Waals surface area (Å²) >= 11 is 0. The summed E-state index contributed by atoms with van der Waals surface area (Å²) in [6.45, 7) is 0.780. The van der Waals surface area contributed by atoms with Gasteiger partial charge in [-0.2, -0.15) is 0 Å². The summed E-state index contributed by atoms with van der Waals surface area (Å²) in [5.41, 5.74) is 1.86. The molecule has 0 radical (unpaired) electrons. The summed E-state index contributed by atoms with van der Waals surface area (Å²) in [7, 11) is 3.87. The topological polar surface area (TPSA) is 23.6 Å². The first-order valence-corrected chi connectivity index (χ1v) is 5.42.